The molecular weight excluding hydrogens is 640 g/mol. The Morgan fingerprint density at radius 3 is 2.52 bits per heavy atom. The fourth-order valence-corrected chi connectivity index (χ4v) is 6.65. The van der Waals surface area contributed by atoms with Crippen molar-refractivity contribution in [3.05, 3.63) is 105 Å². The van der Waals surface area contributed by atoms with Crippen molar-refractivity contribution in [3.63, 3.8) is 0 Å². The number of esters is 1. The first-order valence-electron chi connectivity index (χ1n) is 14.9. The van der Waals surface area contributed by atoms with Crippen molar-refractivity contribution < 1.29 is 19.0 Å². The van der Waals surface area contributed by atoms with Gasteiger partial charge in [0.15, 0.2) is 11.5 Å². The van der Waals surface area contributed by atoms with Gasteiger partial charge in [-0.05, 0) is 73.6 Å². The van der Waals surface area contributed by atoms with E-state index in [9.17, 15) is 4.79 Å². The average Bonchev–Trinajstić information content (AvgIpc) is 3.46. The normalized spacial score (nSPS) is 16.7. The molecule has 228 valence electrons. The summed E-state index contributed by atoms with van der Waals surface area (Å²) >= 11 is 5.03. The van der Waals surface area contributed by atoms with Crippen molar-refractivity contribution >= 4 is 39.6 Å². The number of fused-ring (bicyclic) bond motifs is 1. The van der Waals surface area contributed by atoms with Gasteiger partial charge >= 0.3 is 5.97 Å². The van der Waals surface area contributed by atoms with Gasteiger partial charge in [-0.15, -0.1) is 5.10 Å². The Balaban J connectivity index is 1.31. The molecule has 1 saturated carbocycles. The average molecular weight is 676 g/mol. The molecule has 2 heterocycles. The summed E-state index contributed by atoms with van der Waals surface area (Å²) < 4.78 is 20.8. The van der Waals surface area contributed by atoms with E-state index in [1.165, 1.54) is 12.0 Å². The molecule has 0 amide bonds. The quantitative estimate of drug-likeness (QED) is 0.133. The molecule has 1 unspecified atom stereocenters. The third-order valence-corrected chi connectivity index (χ3v) is 9.34. The van der Waals surface area contributed by atoms with Crippen LogP contribution in [-0.2, 0) is 21.9 Å². The van der Waals surface area contributed by atoms with Gasteiger partial charge in [0.2, 0.25) is 11.1 Å². The van der Waals surface area contributed by atoms with Gasteiger partial charge < -0.3 is 19.5 Å². The minimum Gasteiger partial charge on any atom is -0.493 e. The van der Waals surface area contributed by atoms with E-state index in [4.69, 9.17) is 24.3 Å². The number of hydrogen-bond acceptors (Lipinski definition) is 8. The zero-order chi connectivity index (χ0) is 30.5. The second-order valence-electron chi connectivity index (χ2n) is 11.0. The van der Waals surface area contributed by atoms with Gasteiger partial charge in [0.1, 0.15) is 18.8 Å². The standard InChI is InChI=1S/C34H35BrN4O4S/c1-22-30(32(40)43-27-11-7-4-8-12-27)31(39-33(36-22)37-34(38-39)44-21-24-9-5-3-6-10-24)25-15-18-28(29(19-25)41-2)42-20-23-13-16-26(35)17-14-23/h3,5-6,9-10,13-19,27,31H,4,7-8,11-12,20-21H2,1-2H3,(H,36,37,38). The van der Waals surface area contributed by atoms with Crippen LogP contribution in [0.1, 0.15) is 61.8 Å². The van der Waals surface area contributed by atoms with Crippen molar-refractivity contribution in [1.29, 1.82) is 0 Å². The summed E-state index contributed by atoms with van der Waals surface area (Å²) in [5, 5.41) is 8.83. The third-order valence-electron chi connectivity index (χ3n) is 7.90. The van der Waals surface area contributed by atoms with Crippen LogP contribution in [0, 0.1) is 0 Å². The third kappa shape index (κ3) is 6.97. The lowest BCUT2D eigenvalue weighted by Crippen LogP contribution is -2.32. The highest BCUT2D eigenvalue weighted by atomic mass is 79.9. The maximum Gasteiger partial charge on any atom is 0.338 e. The molecule has 1 atom stereocenters. The van der Waals surface area contributed by atoms with Crippen LogP contribution in [0.3, 0.4) is 0 Å². The first-order valence-corrected chi connectivity index (χ1v) is 16.6. The summed E-state index contributed by atoms with van der Waals surface area (Å²) in [6.45, 7) is 2.29. The zero-order valence-electron chi connectivity index (χ0n) is 24.8. The Morgan fingerprint density at radius 1 is 1.00 bits per heavy atom. The summed E-state index contributed by atoms with van der Waals surface area (Å²) in [6, 6.07) is 23.4. The molecule has 0 radical (unpaired) electrons. The molecule has 1 fully saturated rings. The van der Waals surface area contributed by atoms with Gasteiger partial charge in [0.05, 0.1) is 12.7 Å². The Kier molecular flexibility index (Phi) is 9.57. The molecule has 8 nitrogen and oxygen atoms in total. The molecule has 2 aliphatic rings. The van der Waals surface area contributed by atoms with Crippen molar-refractivity contribution in [3.8, 4) is 11.5 Å². The molecular formula is C34H35BrN4O4S. The smallest absolute Gasteiger partial charge is 0.338 e. The number of thioether (sulfide) groups is 1. The Labute approximate surface area is 270 Å². The predicted molar refractivity (Wildman–Crippen MR) is 175 cm³/mol. The number of rotatable bonds is 10. The van der Waals surface area contributed by atoms with E-state index in [0.717, 1.165) is 47.0 Å². The van der Waals surface area contributed by atoms with Crippen LogP contribution in [0.15, 0.2) is 93.7 Å². The van der Waals surface area contributed by atoms with Crippen molar-refractivity contribution in [1.82, 2.24) is 14.8 Å². The number of allylic oxidation sites excluding steroid dienone is 1. The Morgan fingerprint density at radius 2 is 1.77 bits per heavy atom. The topological polar surface area (TPSA) is 87.5 Å². The summed E-state index contributed by atoms with van der Waals surface area (Å²) in [4.78, 5) is 18.6. The lowest BCUT2D eigenvalue weighted by molar-refractivity contribution is -0.146. The van der Waals surface area contributed by atoms with Crippen LogP contribution in [-0.4, -0.2) is 33.9 Å². The molecule has 1 aliphatic carbocycles. The maximum atomic E-state index is 13.8. The maximum absolute atomic E-state index is 13.8. The molecule has 1 aliphatic heterocycles. The fourth-order valence-electron chi connectivity index (χ4n) is 5.60. The van der Waals surface area contributed by atoms with Crippen LogP contribution in [0.5, 0.6) is 11.5 Å². The highest BCUT2D eigenvalue weighted by molar-refractivity contribution is 9.10. The molecule has 44 heavy (non-hydrogen) atoms. The minimum atomic E-state index is -0.560. The number of halogens is 1. The van der Waals surface area contributed by atoms with Crippen LogP contribution < -0.4 is 14.8 Å². The van der Waals surface area contributed by atoms with Crippen LogP contribution in [0.25, 0.3) is 0 Å². The molecule has 6 rings (SSSR count). The van der Waals surface area contributed by atoms with Gasteiger partial charge in [-0.3, -0.25) is 0 Å². The van der Waals surface area contributed by atoms with Crippen LogP contribution >= 0.6 is 27.7 Å². The van der Waals surface area contributed by atoms with Gasteiger partial charge in [-0.2, -0.15) is 4.98 Å². The Hall–Kier alpha value is -3.76. The monoisotopic (exact) mass is 674 g/mol. The number of benzene rings is 3. The Bertz CT molecular complexity index is 1630. The lowest BCUT2D eigenvalue weighted by atomic mass is 9.94. The number of hydrogen-bond donors (Lipinski definition) is 1. The number of carbonyl (C=O) groups excluding carboxylic acids is 1. The summed E-state index contributed by atoms with van der Waals surface area (Å²) in [7, 11) is 1.62. The number of methoxy groups -OCH3 is 1. The van der Waals surface area contributed by atoms with E-state index in [0.29, 0.717) is 40.5 Å². The molecule has 0 saturated heterocycles. The first kappa shape index (κ1) is 30.3. The van der Waals surface area contributed by atoms with E-state index in [-0.39, 0.29) is 12.1 Å². The highest BCUT2D eigenvalue weighted by Gasteiger charge is 2.37. The van der Waals surface area contributed by atoms with Crippen LogP contribution in [0.4, 0.5) is 5.95 Å². The van der Waals surface area contributed by atoms with Crippen molar-refractivity contribution in [2.45, 2.75) is 68.7 Å². The highest BCUT2D eigenvalue weighted by Crippen LogP contribution is 2.40. The number of nitrogens with zero attached hydrogens (tertiary/aromatic N) is 3. The molecule has 4 aromatic rings. The summed E-state index contributed by atoms with van der Waals surface area (Å²) in [5.41, 5.74) is 4.25. The van der Waals surface area contributed by atoms with Gasteiger partial charge in [-0.25, -0.2) is 9.48 Å². The largest absolute Gasteiger partial charge is 0.493 e. The number of ether oxygens (including phenoxy) is 3. The summed E-state index contributed by atoms with van der Waals surface area (Å²) in [6.07, 6.45) is 5.04. The molecule has 3 aromatic carbocycles. The minimum absolute atomic E-state index is 0.0738. The van der Waals surface area contributed by atoms with E-state index in [1.807, 2.05) is 67.6 Å². The number of aromatic nitrogens is 3. The zero-order valence-corrected chi connectivity index (χ0v) is 27.2. The molecule has 0 bridgehead atoms. The van der Waals surface area contributed by atoms with E-state index in [1.54, 1.807) is 23.6 Å². The van der Waals surface area contributed by atoms with Gasteiger partial charge in [-0.1, -0.05) is 82.6 Å². The van der Waals surface area contributed by atoms with Crippen LogP contribution in [0.2, 0.25) is 0 Å². The first-order chi connectivity index (χ1) is 21.5. The van der Waals surface area contributed by atoms with Crippen molar-refractivity contribution in [2.24, 2.45) is 0 Å². The second-order valence-corrected chi connectivity index (χ2v) is 12.9. The number of carbonyl (C=O) groups is 1. The molecule has 1 aromatic heterocycles. The molecule has 1 N–H and O–H groups in total. The van der Waals surface area contributed by atoms with E-state index >= 15 is 0 Å². The van der Waals surface area contributed by atoms with Crippen molar-refractivity contribution in [2.75, 3.05) is 12.4 Å². The number of anilines is 1. The van der Waals surface area contributed by atoms with Gasteiger partial charge in [0.25, 0.3) is 0 Å². The van der Waals surface area contributed by atoms with Gasteiger partial charge in [0, 0.05) is 15.9 Å². The fraction of sp³-hybridized carbons (Fsp3) is 0.324. The SMILES string of the molecule is COc1cc(C2C(C(=O)OC3CCCCC3)=C(C)Nc3nc(SCc4ccccc4)nn32)ccc1OCc1ccc(Br)cc1. The lowest BCUT2D eigenvalue weighted by Gasteiger charge is -2.30. The number of nitrogens with one attached hydrogen (secondary N) is 1. The van der Waals surface area contributed by atoms with E-state index in [2.05, 4.69) is 33.4 Å². The molecule has 0 spiro atoms. The molecule has 10 heteroatoms. The summed E-state index contributed by atoms with van der Waals surface area (Å²) in [5.74, 6) is 2.15. The second kappa shape index (κ2) is 13.9. The van der Waals surface area contributed by atoms with E-state index < -0.39 is 6.04 Å². The predicted octanol–water partition coefficient (Wildman–Crippen LogP) is 8.09.